The zero-order valence-corrected chi connectivity index (χ0v) is 8.65. The highest BCUT2D eigenvalue weighted by Crippen LogP contribution is 2.37. The molecular weight excluding hydrogens is 283 g/mol. The van der Waals surface area contributed by atoms with Crippen molar-refractivity contribution < 1.29 is 36.4 Å². The van der Waals surface area contributed by atoms with Gasteiger partial charge in [-0.3, -0.25) is 14.9 Å². The Balaban J connectivity index is 3.52. The van der Waals surface area contributed by atoms with Crippen LogP contribution in [0.15, 0.2) is 6.07 Å². The lowest BCUT2D eigenvalue weighted by Gasteiger charge is -2.10. The number of hydrogen-bond donors (Lipinski definition) is 0. The summed E-state index contributed by atoms with van der Waals surface area (Å²) >= 11 is 0. The van der Waals surface area contributed by atoms with E-state index in [1.165, 1.54) is 0 Å². The van der Waals surface area contributed by atoms with E-state index in [1.807, 2.05) is 0 Å². The minimum absolute atomic E-state index is 0.140. The van der Waals surface area contributed by atoms with Gasteiger partial charge in [0.1, 0.15) is 11.3 Å². The Morgan fingerprint density at radius 1 is 1.42 bits per heavy atom. The summed E-state index contributed by atoms with van der Waals surface area (Å²) in [6, 6.07) is 0.318. The number of alkyl halides is 5. The van der Waals surface area contributed by atoms with Crippen molar-refractivity contribution >= 4 is 12.0 Å². The number of rotatable bonds is 4. The number of halogens is 5. The highest BCUT2D eigenvalue weighted by atomic mass is 19.4. The fourth-order valence-electron chi connectivity index (χ4n) is 1.14. The van der Waals surface area contributed by atoms with Crippen molar-refractivity contribution in [3.63, 3.8) is 0 Å². The Bertz CT molecular complexity index is 517. The largest absolute Gasteiger partial charge is 0.574 e. The predicted molar refractivity (Wildman–Crippen MR) is 47.9 cm³/mol. The van der Waals surface area contributed by atoms with Crippen molar-refractivity contribution in [3.8, 4) is 5.88 Å². The molecule has 0 saturated carbocycles. The number of aromatic nitrogens is 1. The molecule has 11 heteroatoms. The second kappa shape index (κ2) is 5.12. The van der Waals surface area contributed by atoms with Crippen LogP contribution in [-0.4, -0.2) is 22.6 Å². The van der Waals surface area contributed by atoms with E-state index in [-0.39, 0.29) is 6.29 Å². The maximum atomic E-state index is 12.5. The normalized spacial score (nSPS) is 11.5. The molecule has 1 aromatic rings. The molecule has 0 aliphatic carbocycles. The molecule has 1 heterocycles. The van der Waals surface area contributed by atoms with E-state index in [0.29, 0.717) is 6.07 Å². The summed E-state index contributed by atoms with van der Waals surface area (Å²) in [5.74, 6) is -1.71. The first-order valence-corrected chi connectivity index (χ1v) is 4.34. The van der Waals surface area contributed by atoms with E-state index in [0.717, 1.165) is 0 Å². The van der Waals surface area contributed by atoms with Gasteiger partial charge in [0.15, 0.2) is 6.29 Å². The van der Waals surface area contributed by atoms with Crippen LogP contribution in [0.3, 0.4) is 0 Å². The number of hydrogen-bond acceptors (Lipinski definition) is 5. The highest BCUT2D eigenvalue weighted by molar-refractivity contribution is 5.74. The van der Waals surface area contributed by atoms with Crippen LogP contribution in [0.1, 0.15) is 22.5 Å². The van der Waals surface area contributed by atoms with E-state index in [4.69, 9.17) is 0 Å². The van der Waals surface area contributed by atoms with Crippen molar-refractivity contribution in [1.29, 1.82) is 0 Å². The molecule has 104 valence electrons. The minimum Gasteiger partial charge on any atom is -0.381 e. The molecule has 0 N–H and O–H groups in total. The summed E-state index contributed by atoms with van der Waals surface area (Å²) < 4.78 is 64.2. The Kier molecular flexibility index (Phi) is 3.97. The molecule has 0 bridgehead atoms. The fraction of sp³-hybridized carbons (Fsp3) is 0.250. The number of carbonyl (C=O) groups is 1. The second-order valence-electron chi connectivity index (χ2n) is 3.01. The summed E-state index contributed by atoms with van der Waals surface area (Å²) in [7, 11) is 0. The van der Waals surface area contributed by atoms with E-state index < -0.39 is 40.5 Å². The summed E-state index contributed by atoms with van der Waals surface area (Å²) in [6.45, 7) is 0. The number of aldehydes is 1. The fourth-order valence-corrected chi connectivity index (χ4v) is 1.14. The first-order chi connectivity index (χ1) is 8.65. The van der Waals surface area contributed by atoms with Gasteiger partial charge in [0.05, 0.1) is 4.92 Å². The van der Waals surface area contributed by atoms with Gasteiger partial charge in [0.25, 0.3) is 6.43 Å². The first-order valence-electron chi connectivity index (χ1n) is 4.34. The molecule has 0 amide bonds. The van der Waals surface area contributed by atoms with Crippen LogP contribution >= 0.6 is 0 Å². The molecule has 19 heavy (non-hydrogen) atoms. The zero-order valence-electron chi connectivity index (χ0n) is 8.65. The maximum absolute atomic E-state index is 12.5. The third-order valence-corrected chi connectivity index (χ3v) is 1.76. The molecule has 0 aliphatic rings. The maximum Gasteiger partial charge on any atom is 0.574 e. The summed E-state index contributed by atoms with van der Waals surface area (Å²) in [5, 5.41) is 10.5. The van der Waals surface area contributed by atoms with Crippen LogP contribution in [0.5, 0.6) is 5.88 Å². The van der Waals surface area contributed by atoms with E-state index in [1.54, 1.807) is 0 Å². The van der Waals surface area contributed by atoms with Crippen LogP contribution in [0.2, 0.25) is 0 Å². The third kappa shape index (κ3) is 3.56. The predicted octanol–water partition coefficient (Wildman–Crippen LogP) is 2.64. The second-order valence-corrected chi connectivity index (χ2v) is 3.01. The summed E-state index contributed by atoms with van der Waals surface area (Å²) in [5.41, 5.74) is -3.88. The van der Waals surface area contributed by atoms with Crippen LogP contribution < -0.4 is 4.74 Å². The summed E-state index contributed by atoms with van der Waals surface area (Å²) in [4.78, 5) is 22.3. The quantitative estimate of drug-likeness (QED) is 0.368. The minimum atomic E-state index is -5.38. The van der Waals surface area contributed by atoms with Gasteiger partial charge in [0, 0.05) is 0 Å². The van der Waals surface area contributed by atoms with Gasteiger partial charge in [-0.05, 0) is 6.07 Å². The highest BCUT2D eigenvalue weighted by Gasteiger charge is 2.38. The van der Waals surface area contributed by atoms with Gasteiger partial charge in [0.2, 0.25) is 0 Å². The van der Waals surface area contributed by atoms with Crippen LogP contribution in [0, 0.1) is 10.1 Å². The van der Waals surface area contributed by atoms with Gasteiger partial charge in [-0.1, -0.05) is 0 Å². The van der Waals surface area contributed by atoms with Gasteiger partial charge >= 0.3 is 17.9 Å². The van der Waals surface area contributed by atoms with Crippen molar-refractivity contribution in [3.05, 3.63) is 27.4 Å². The molecule has 0 atom stereocenters. The van der Waals surface area contributed by atoms with Gasteiger partial charge in [-0.2, -0.15) is 0 Å². The van der Waals surface area contributed by atoms with E-state index >= 15 is 0 Å². The number of carbonyl (C=O) groups excluding carboxylic acids is 1. The van der Waals surface area contributed by atoms with E-state index in [2.05, 4.69) is 9.72 Å². The van der Waals surface area contributed by atoms with Crippen molar-refractivity contribution in [1.82, 2.24) is 4.98 Å². The summed E-state index contributed by atoms with van der Waals surface area (Å²) in [6.07, 6.45) is -8.99. The molecule has 0 radical (unpaired) electrons. The SMILES string of the molecule is O=Cc1cc(C(F)F)c([N+](=O)[O-])c(OC(F)(F)F)n1. The number of nitro groups is 1. The first kappa shape index (κ1) is 14.7. The molecule has 0 aromatic carbocycles. The molecule has 1 rings (SSSR count). The average molecular weight is 286 g/mol. The van der Waals surface area contributed by atoms with Crippen molar-refractivity contribution in [2.45, 2.75) is 12.8 Å². The monoisotopic (exact) mass is 286 g/mol. The molecule has 0 aliphatic heterocycles. The Hall–Kier alpha value is -2.33. The molecule has 0 saturated heterocycles. The Morgan fingerprint density at radius 3 is 2.37 bits per heavy atom. The van der Waals surface area contributed by atoms with Gasteiger partial charge in [-0.15, -0.1) is 13.2 Å². The van der Waals surface area contributed by atoms with Crippen molar-refractivity contribution in [2.24, 2.45) is 0 Å². The molecule has 6 nitrogen and oxygen atoms in total. The average Bonchev–Trinajstić information content (AvgIpc) is 2.24. The van der Waals surface area contributed by atoms with Gasteiger partial charge < -0.3 is 4.74 Å². The number of ether oxygens (including phenoxy) is 1. The third-order valence-electron chi connectivity index (χ3n) is 1.76. The number of pyridine rings is 1. The lowest BCUT2D eigenvalue weighted by molar-refractivity contribution is -0.390. The molecule has 0 fully saturated rings. The molecule has 1 aromatic heterocycles. The lowest BCUT2D eigenvalue weighted by atomic mass is 10.2. The molecule has 0 unspecified atom stereocenters. The zero-order chi connectivity index (χ0) is 14.8. The Labute approximate surface area is 101 Å². The lowest BCUT2D eigenvalue weighted by Crippen LogP contribution is -2.20. The van der Waals surface area contributed by atoms with Crippen molar-refractivity contribution in [2.75, 3.05) is 0 Å². The molecule has 0 spiro atoms. The van der Waals surface area contributed by atoms with Gasteiger partial charge in [-0.25, -0.2) is 13.8 Å². The van der Waals surface area contributed by atoms with Crippen LogP contribution in [0.4, 0.5) is 27.6 Å². The number of nitrogens with zero attached hydrogens (tertiary/aromatic N) is 2. The standard InChI is InChI=1S/C8H3F5N2O4/c9-6(10)4-1-3(2-16)14-7(5(4)15(17)18)19-8(11,12)13/h1-2,6H. The smallest absolute Gasteiger partial charge is 0.381 e. The van der Waals surface area contributed by atoms with Crippen LogP contribution in [-0.2, 0) is 0 Å². The van der Waals surface area contributed by atoms with E-state index in [9.17, 15) is 36.9 Å². The molecular formula is C8H3F5N2O4. The van der Waals surface area contributed by atoms with Crippen LogP contribution in [0.25, 0.3) is 0 Å². The Morgan fingerprint density at radius 2 is 2.00 bits per heavy atom. The topological polar surface area (TPSA) is 82.3 Å².